The van der Waals surface area contributed by atoms with Gasteiger partial charge in [0.1, 0.15) is 0 Å². The van der Waals surface area contributed by atoms with Gasteiger partial charge < -0.3 is 11.1 Å². The molecule has 7 heteroatoms. The van der Waals surface area contributed by atoms with Gasteiger partial charge in [-0.2, -0.15) is 0 Å². The Labute approximate surface area is 132 Å². The Morgan fingerprint density at radius 3 is 2.52 bits per heavy atom. The number of nitrogens with zero attached hydrogens (tertiary/aromatic N) is 2. The lowest BCUT2D eigenvalue weighted by atomic mass is 10.0. The smallest absolute Gasteiger partial charge is 0.227 e. The predicted octanol–water partition coefficient (Wildman–Crippen LogP) is 2.98. The molecule has 0 bridgehead atoms. The minimum absolute atomic E-state index is 0.223. The van der Waals surface area contributed by atoms with Crippen LogP contribution in [0.4, 0.5) is 10.8 Å². The van der Waals surface area contributed by atoms with Crippen molar-refractivity contribution in [3.05, 3.63) is 29.3 Å². The molecule has 0 aliphatic heterocycles. The quantitative estimate of drug-likeness (QED) is 0.766. The molecule has 112 valence electrons. The Balaban J connectivity index is 2.16. The number of nitrogens with one attached hydrogen (secondary N) is 1. The van der Waals surface area contributed by atoms with Crippen LogP contribution in [0.1, 0.15) is 25.0 Å². The largest absolute Gasteiger partial charge is 0.369 e. The number of carbonyl (C=O) groups is 1. The molecule has 2 rings (SSSR count). The number of nitrogens with two attached hydrogens (primary N) is 1. The zero-order valence-electron chi connectivity index (χ0n) is 12.0. The number of carbonyl (C=O) groups excluding carboxylic acids is 1. The van der Waals surface area contributed by atoms with E-state index in [-0.39, 0.29) is 11.7 Å². The number of hydrogen-bond acceptors (Lipinski definition) is 6. The molecule has 5 nitrogen and oxygen atoms in total. The highest BCUT2D eigenvalue weighted by Gasteiger charge is 2.10. The van der Waals surface area contributed by atoms with Crippen molar-refractivity contribution >= 4 is 39.8 Å². The van der Waals surface area contributed by atoms with Crippen LogP contribution in [0, 0.1) is 0 Å². The van der Waals surface area contributed by atoms with Crippen molar-refractivity contribution in [1.29, 1.82) is 0 Å². The van der Waals surface area contributed by atoms with Gasteiger partial charge in [-0.15, -0.1) is 10.2 Å². The molecule has 2 aromatic rings. The van der Waals surface area contributed by atoms with E-state index in [1.54, 1.807) is 0 Å². The SMILES string of the molecule is CCc1cccc(CC)c1Nc1nnc(SCC(N)=O)s1. The zero-order chi connectivity index (χ0) is 15.2. The van der Waals surface area contributed by atoms with Gasteiger partial charge in [-0.05, 0) is 24.0 Å². The Morgan fingerprint density at radius 1 is 1.29 bits per heavy atom. The average Bonchev–Trinajstić information content (AvgIpc) is 2.93. The lowest BCUT2D eigenvalue weighted by Gasteiger charge is -2.13. The summed E-state index contributed by atoms with van der Waals surface area (Å²) in [5.74, 6) is -0.130. The molecular weight excluding hydrogens is 304 g/mol. The van der Waals surface area contributed by atoms with Gasteiger partial charge in [-0.25, -0.2) is 0 Å². The van der Waals surface area contributed by atoms with Crippen molar-refractivity contribution in [2.75, 3.05) is 11.1 Å². The van der Waals surface area contributed by atoms with E-state index in [1.807, 2.05) is 0 Å². The fraction of sp³-hybridized carbons (Fsp3) is 0.357. The molecule has 1 aromatic heterocycles. The lowest BCUT2D eigenvalue weighted by molar-refractivity contribution is -0.115. The van der Waals surface area contributed by atoms with E-state index in [0.717, 1.165) is 28.0 Å². The maximum atomic E-state index is 10.8. The summed E-state index contributed by atoms with van der Waals surface area (Å²) in [4.78, 5) is 10.8. The topological polar surface area (TPSA) is 80.9 Å². The Bertz CT molecular complexity index is 605. The fourth-order valence-corrected chi connectivity index (χ4v) is 3.46. The molecule has 1 amide bonds. The van der Waals surface area contributed by atoms with Crippen LogP contribution in [0.2, 0.25) is 0 Å². The average molecular weight is 322 g/mol. The molecule has 0 saturated carbocycles. The highest BCUT2D eigenvalue weighted by molar-refractivity contribution is 8.01. The summed E-state index contributed by atoms with van der Waals surface area (Å²) >= 11 is 2.74. The Hall–Kier alpha value is -1.60. The van der Waals surface area contributed by atoms with Crippen molar-refractivity contribution in [3.63, 3.8) is 0 Å². The van der Waals surface area contributed by atoms with Crippen LogP contribution in [-0.4, -0.2) is 21.9 Å². The molecule has 1 aromatic carbocycles. The van der Waals surface area contributed by atoms with E-state index in [2.05, 4.69) is 47.6 Å². The second kappa shape index (κ2) is 7.42. The number of thioether (sulfide) groups is 1. The van der Waals surface area contributed by atoms with E-state index in [4.69, 9.17) is 5.73 Å². The minimum Gasteiger partial charge on any atom is -0.369 e. The molecule has 0 radical (unpaired) electrons. The summed E-state index contributed by atoms with van der Waals surface area (Å²) in [5.41, 5.74) is 8.76. The zero-order valence-corrected chi connectivity index (χ0v) is 13.7. The van der Waals surface area contributed by atoms with Gasteiger partial charge in [-0.3, -0.25) is 4.79 Å². The molecular formula is C14H18N4OS2. The van der Waals surface area contributed by atoms with Crippen molar-refractivity contribution in [2.45, 2.75) is 31.0 Å². The maximum absolute atomic E-state index is 10.8. The van der Waals surface area contributed by atoms with Crippen molar-refractivity contribution in [2.24, 2.45) is 5.73 Å². The first-order chi connectivity index (χ1) is 10.1. The van der Waals surface area contributed by atoms with Crippen LogP contribution >= 0.6 is 23.1 Å². The molecule has 21 heavy (non-hydrogen) atoms. The van der Waals surface area contributed by atoms with Crippen LogP contribution in [0.3, 0.4) is 0 Å². The first-order valence-electron chi connectivity index (χ1n) is 6.76. The highest BCUT2D eigenvalue weighted by atomic mass is 32.2. The minimum atomic E-state index is -0.352. The highest BCUT2D eigenvalue weighted by Crippen LogP contribution is 2.31. The van der Waals surface area contributed by atoms with Crippen LogP contribution in [0.5, 0.6) is 0 Å². The summed E-state index contributed by atoms with van der Waals surface area (Å²) < 4.78 is 0.739. The molecule has 0 aliphatic carbocycles. The number of aryl methyl sites for hydroxylation is 2. The van der Waals surface area contributed by atoms with Gasteiger partial charge >= 0.3 is 0 Å². The van der Waals surface area contributed by atoms with E-state index in [1.165, 1.54) is 34.2 Å². The van der Waals surface area contributed by atoms with E-state index < -0.39 is 0 Å². The molecule has 0 unspecified atom stereocenters. The Morgan fingerprint density at radius 2 is 1.95 bits per heavy atom. The number of para-hydroxylation sites is 1. The second-order valence-electron chi connectivity index (χ2n) is 4.41. The summed E-state index contributed by atoms with van der Waals surface area (Å²) in [6.45, 7) is 4.27. The first-order valence-corrected chi connectivity index (χ1v) is 8.56. The number of amides is 1. The number of benzene rings is 1. The summed E-state index contributed by atoms with van der Waals surface area (Å²) in [7, 11) is 0. The summed E-state index contributed by atoms with van der Waals surface area (Å²) in [6, 6.07) is 6.31. The molecule has 0 aliphatic rings. The van der Waals surface area contributed by atoms with Gasteiger partial charge in [0.2, 0.25) is 11.0 Å². The van der Waals surface area contributed by atoms with E-state index >= 15 is 0 Å². The third kappa shape index (κ3) is 4.18. The first kappa shape index (κ1) is 15.8. The van der Waals surface area contributed by atoms with Crippen LogP contribution < -0.4 is 11.1 Å². The number of primary amides is 1. The van der Waals surface area contributed by atoms with Crippen LogP contribution in [-0.2, 0) is 17.6 Å². The second-order valence-corrected chi connectivity index (χ2v) is 6.61. The van der Waals surface area contributed by atoms with Crippen molar-refractivity contribution < 1.29 is 4.79 Å². The molecule has 0 atom stereocenters. The normalized spacial score (nSPS) is 10.6. The number of rotatable bonds is 7. The van der Waals surface area contributed by atoms with Crippen LogP contribution in [0.15, 0.2) is 22.5 Å². The van der Waals surface area contributed by atoms with E-state index in [9.17, 15) is 4.79 Å². The molecule has 0 spiro atoms. The number of aromatic nitrogens is 2. The van der Waals surface area contributed by atoms with Crippen molar-refractivity contribution in [3.8, 4) is 0 Å². The molecule has 3 N–H and O–H groups in total. The lowest BCUT2D eigenvalue weighted by Crippen LogP contribution is -2.12. The maximum Gasteiger partial charge on any atom is 0.227 e. The van der Waals surface area contributed by atoms with Crippen molar-refractivity contribution in [1.82, 2.24) is 10.2 Å². The van der Waals surface area contributed by atoms with Gasteiger partial charge in [0.05, 0.1) is 5.75 Å². The molecule has 0 saturated heterocycles. The predicted molar refractivity (Wildman–Crippen MR) is 88.3 cm³/mol. The monoisotopic (exact) mass is 322 g/mol. The standard InChI is InChI=1S/C14H18N4OS2/c1-3-9-6-5-7-10(4-2)12(9)16-13-17-18-14(21-13)20-8-11(15)19/h5-7H,3-4,8H2,1-2H3,(H2,15,19)(H,16,17). The number of anilines is 2. The third-order valence-corrected chi connectivity index (χ3v) is 4.97. The molecule has 1 heterocycles. The summed E-state index contributed by atoms with van der Waals surface area (Å²) in [5, 5.41) is 12.3. The number of hydrogen-bond donors (Lipinski definition) is 2. The van der Waals surface area contributed by atoms with Gasteiger partial charge in [-0.1, -0.05) is 55.1 Å². The van der Waals surface area contributed by atoms with Gasteiger partial charge in [0.25, 0.3) is 0 Å². The van der Waals surface area contributed by atoms with Gasteiger partial charge in [0, 0.05) is 5.69 Å². The third-order valence-electron chi connectivity index (χ3n) is 2.98. The van der Waals surface area contributed by atoms with E-state index in [0.29, 0.717) is 0 Å². The van der Waals surface area contributed by atoms with Crippen LogP contribution in [0.25, 0.3) is 0 Å². The Kier molecular flexibility index (Phi) is 5.58. The fourth-order valence-electron chi connectivity index (χ4n) is 1.96. The summed E-state index contributed by atoms with van der Waals surface area (Å²) in [6.07, 6.45) is 1.91. The molecule has 0 fully saturated rings. The van der Waals surface area contributed by atoms with Gasteiger partial charge in [0.15, 0.2) is 4.34 Å².